The Kier molecular flexibility index (Phi) is 7.77. The van der Waals surface area contributed by atoms with E-state index >= 15 is 0 Å². The van der Waals surface area contributed by atoms with Crippen molar-refractivity contribution in [3.63, 3.8) is 0 Å². The van der Waals surface area contributed by atoms with Crippen LogP contribution in [0.15, 0.2) is 40.2 Å². The fourth-order valence-corrected chi connectivity index (χ4v) is 5.86. The van der Waals surface area contributed by atoms with Gasteiger partial charge in [-0.3, -0.25) is 14.7 Å². The molecule has 1 heterocycles. The summed E-state index contributed by atoms with van der Waals surface area (Å²) in [7, 11) is 1.84. The zero-order valence-electron chi connectivity index (χ0n) is 18.8. The van der Waals surface area contributed by atoms with Crippen molar-refractivity contribution in [1.82, 2.24) is 20.4 Å². The number of carbonyl (C=O) groups excluding carboxylic acids is 1. The van der Waals surface area contributed by atoms with Gasteiger partial charge in [-0.2, -0.15) is 0 Å². The van der Waals surface area contributed by atoms with E-state index in [0.29, 0.717) is 16.6 Å². The topological polar surface area (TPSA) is 60.0 Å². The summed E-state index contributed by atoms with van der Waals surface area (Å²) < 4.78 is 0.307. The first-order valence-electron chi connectivity index (χ1n) is 11.9. The van der Waals surface area contributed by atoms with E-state index in [9.17, 15) is 4.79 Å². The number of nitrogens with one attached hydrogen (secondary N) is 2. The van der Waals surface area contributed by atoms with E-state index in [4.69, 9.17) is 0 Å². The molecule has 4 rings (SSSR count). The number of benzene rings is 1. The first-order chi connectivity index (χ1) is 15.2. The normalized spacial score (nSPS) is 21.8. The average Bonchev–Trinajstić information content (AvgIpc) is 3.34. The van der Waals surface area contributed by atoms with Crippen LogP contribution >= 0.6 is 11.8 Å². The van der Waals surface area contributed by atoms with Gasteiger partial charge in [-0.25, -0.2) is 0 Å². The van der Waals surface area contributed by atoms with E-state index in [2.05, 4.69) is 55.8 Å². The van der Waals surface area contributed by atoms with E-state index in [1.165, 1.54) is 30.6 Å². The van der Waals surface area contributed by atoms with Crippen LogP contribution in [-0.2, 0) is 4.79 Å². The van der Waals surface area contributed by atoms with Crippen molar-refractivity contribution < 1.29 is 4.79 Å². The highest BCUT2D eigenvalue weighted by Gasteiger charge is 2.43. The lowest BCUT2D eigenvalue weighted by Crippen LogP contribution is -2.52. The Morgan fingerprint density at radius 1 is 1.10 bits per heavy atom. The van der Waals surface area contributed by atoms with Crippen LogP contribution in [0.3, 0.4) is 0 Å². The van der Waals surface area contributed by atoms with Crippen molar-refractivity contribution in [3.05, 3.63) is 30.3 Å². The molecule has 2 saturated carbocycles. The van der Waals surface area contributed by atoms with Crippen LogP contribution in [0.5, 0.6) is 0 Å². The fourth-order valence-electron chi connectivity index (χ4n) is 4.61. The van der Waals surface area contributed by atoms with Gasteiger partial charge in [-0.05, 0) is 37.8 Å². The molecule has 170 valence electrons. The van der Waals surface area contributed by atoms with E-state index in [1.54, 1.807) is 0 Å². The van der Waals surface area contributed by atoms with Crippen molar-refractivity contribution in [3.8, 4) is 0 Å². The van der Waals surface area contributed by atoms with E-state index in [0.717, 1.165) is 64.6 Å². The Bertz CT molecular complexity index is 738. The number of thioether (sulfide) groups is 1. The number of nitrogens with zero attached hydrogens (tertiary/aromatic N) is 3. The number of rotatable bonds is 8. The minimum Gasteiger partial charge on any atom is -0.355 e. The molecular weight excluding hydrogens is 406 g/mol. The molecule has 2 N–H and O–H groups in total. The van der Waals surface area contributed by atoms with Crippen molar-refractivity contribution in [2.75, 3.05) is 52.9 Å². The van der Waals surface area contributed by atoms with E-state index < -0.39 is 0 Å². The molecule has 6 nitrogen and oxygen atoms in total. The highest BCUT2D eigenvalue weighted by atomic mass is 32.2. The predicted molar refractivity (Wildman–Crippen MR) is 129 cm³/mol. The Morgan fingerprint density at radius 2 is 1.81 bits per heavy atom. The van der Waals surface area contributed by atoms with Gasteiger partial charge in [0.25, 0.3) is 0 Å². The molecule has 0 radical (unpaired) electrons. The van der Waals surface area contributed by atoms with Crippen molar-refractivity contribution >= 4 is 23.6 Å². The van der Waals surface area contributed by atoms with Gasteiger partial charge in [-0.1, -0.05) is 31.0 Å². The van der Waals surface area contributed by atoms with Gasteiger partial charge in [0, 0.05) is 68.4 Å². The summed E-state index contributed by atoms with van der Waals surface area (Å²) in [5.74, 6) is 1.59. The smallest absolute Gasteiger partial charge is 0.225 e. The molecule has 3 aliphatic rings. The number of hydrogen-bond acceptors (Lipinski definition) is 4. The number of aliphatic imine (C=N–C) groups is 1. The monoisotopic (exact) mass is 443 g/mol. The molecule has 31 heavy (non-hydrogen) atoms. The number of carbonyl (C=O) groups is 1. The second-order valence-corrected chi connectivity index (χ2v) is 10.6. The zero-order valence-corrected chi connectivity index (χ0v) is 19.6. The summed E-state index contributed by atoms with van der Waals surface area (Å²) in [5.41, 5.74) is 0. The Morgan fingerprint density at radius 3 is 2.45 bits per heavy atom. The predicted octanol–water partition coefficient (Wildman–Crippen LogP) is 2.81. The molecule has 1 amide bonds. The summed E-state index contributed by atoms with van der Waals surface area (Å²) in [6.45, 7) is 6.49. The first-order valence-corrected chi connectivity index (χ1v) is 12.7. The van der Waals surface area contributed by atoms with E-state index in [1.807, 2.05) is 18.8 Å². The van der Waals surface area contributed by atoms with Crippen molar-refractivity contribution in [2.45, 2.75) is 48.2 Å². The molecule has 0 unspecified atom stereocenters. The summed E-state index contributed by atoms with van der Waals surface area (Å²) in [6, 6.07) is 10.7. The molecule has 0 bridgehead atoms. The second-order valence-electron chi connectivity index (χ2n) is 9.10. The van der Waals surface area contributed by atoms with Gasteiger partial charge < -0.3 is 15.5 Å². The van der Waals surface area contributed by atoms with Gasteiger partial charge >= 0.3 is 0 Å². The van der Waals surface area contributed by atoms with Crippen LogP contribution in [0.4, 0.5) is 0 Å². The maximum Gasteiger partial charge on any atom is 0.225 e. The van der Waals surface area contributed by atoms with E-state index in [-0.39, 0.29) is 0 Å². The third-order valence-corrected chi connectivity index (χ3v) is 8.29. The molecule has 3 fully saturated rings. The van der Waals surface area contributed by atoms with Crippen LogP contribution in [0.2, 0.25) is 0 Å². The summed E-state index contributed by atoms with van der Waals surface area (Å²) >= 11 is 1.98. The fraction of sp³-hybridized carbons (Fsp3) is 0.667. The molecule has 7 heteroatoms. The third-order valence-electron chi connectivity index (χ3n) is 6.80. The SMILES string of the molecule is CN=C(NCCN1CCN(C(=O)C2CCCC2)CC1)NCC1(Sc2ccccc2)CC1. The van der Waals surface area contributed by atoms with Crippen LogP contribution in [0.25, 0.3) is 0 Å². The summed E-state index contributed by atoms with van der Waals surface area (Å²) in [5, 5.41) is 7.00. The summed E-state index contributed by atoms with van der Waals surface area (Å²) in [6.07, 6.45) is 7.15. The van der Waals surface area contributed by atoms with Crippen molar-refractivity contribution in [2.24, 2.45) is 10.9 Å². The second kappa shape index (κ2) is 10.7. The zero-order chi connectivity index (χ0) is 21.5. The molecule has 1 aromatic carbocycles. The van der Waals surface area contributed by atoms with Gasteiger partial charge in [0.05, 0.1) is 0 Å². The number of guanidine groups is 1. The third kappa shape index (κ3) is 6.39. The lowest BCUT2D eigenvalue weighted by molar-refractivity contribution is -0.137. The molecule has 1 saturated heterocycles. The minimum absolute atomic E-state index is 0.303. The van der Waals surface area contributed by atoms with Crippen LogP contribution in [-0.4, -0.2) is 79.3 Å². The quantitative estimate of drug-likeness (QED) is 0.478. The Hall–Kier alpha value is -1.73. The number of hydrogen-bond donors (Lipinski definition) is 2. The highest BCUT2D eigenvalue weighted by molar-refractivity contribution is 8.01. The number of piperazine rings is 1. The number of amides is 1. The highest BCUT2D eigenvalue weighted by Crippen LogP contribution is 2.51. The van der Waals surface area contributed by atoms with Gasteiger partial charge in [0.1, 0.15) is 0 Å². The molecule has 2 aliphatic carbocycles. The lowest BCUT2D eigenvalue weighted by atomic mass is 10.1. The molecular formula is C24H37N5OS. The average molecular weight is 444 g/mol. The molecule has 0 atom stereocenters. The summed E-state index contributed by atoms with van der Waals surface area (Å²) in [4.78, 5) is 22.9. The minimum atomic E-state index is 0.303. The Labute approximate surface area is 191 Å². The first kappa shape index (κ1) is 22.5. The standard InChI is InChI=1S/C24H37N5OS/c1-25-23(27-19-24(11-12-24)31-21-9-3-2-4-10-21)26-13-14-28-15-17-29(18-16-28)22(30)20-7-5-6-8-20/h2-4,9-10,20H,5-8,11-19H2,1H3,(H2,25,26,27). The Balaban J connectivity index is 1.12. The van der Waals surface area contributed by atoms with Crippen LogP contribution in [0, 0.1) is 5.92 Å². The lowest BCUT2D eigenvalue weighted by Gasteiger charge is -2.36. The maximum absolute atomic E-state index is 12.6. The molecule has 0 spiro atoms. The van der Waals surface area contributed by atoms with Gasteiger partial charge in [0.2, 0.25) is 5.91 Å². The maximum atomic E-state index is 12.6. The van der Waals surface area contributed by atoms with Gasteiger partial charge in [-0.15, -0.1) is 11.8 Å². The van der Waals surface area contributed by atoms with Crippen LogP contribution in [0.1, 0.15) is 38.5 Å². The van der Waals surface area contributed by atoms with Crippen LogP contribution < -0.4 is 10.6 Å². The molecule has 1 aliphatic heterocycles. The van der Waals surface area contributed by atoms with Gasteiger partial charge in [0.15, 0.2) is 5.96 Å². The van der Waals surface area contributed by atoms with Crippen molar-refractivity contribution in [1.29, 1.82) is 0 Å². The molecule has 1 aromatic rings. The molecule has 0 aromatic heterocycles. The largest absolute Gasteiger partial charge is 0.355 e.